The van der Waals surface area contributed by atoms with Crippen LogP contribution < -0.4 is 16.8 Å². The van der Waals surface area contributed by atoms with Gasteiger partial charge in [-0.2, -0.15) is 0 Å². The summed E-state index contributed by atoms with van der Waals surface area (Å²) in [4.78, 5) is 4.24. The molecule has 1 aromatic carbocycles. The van der Waals surface area contributed by atoms with Crippen LogP contribution in [0.4, 0.5) is 11.4 Å². The van der Waals surface area contributed by atoms with Crippen LogP contribution in [0.3, 0.4) is 0 Å². The van der Waals surface area contributed by atoms with Crippen LogP contribution in [-0.4, -0.2) is 18.5 Å². The molecule has 0 aromatic heterocycles. The maximum absolute atomic E-state index is 5.63. The van der Waals surface area contributed by atoms with Crippen LogP contribution in [0.15, 0.2) is 23.2 Å². The zero-order valence-electron chi connectivity index (χ0n) is 8.95. The SMILES string of the molecule is CNc1ccc(N=C(N)SC)cc1CN. The van der Waals surface area contributed by atoms with Crippen molar-refractivity contribution in [2.45, 2.75) is 6.54 Å². The number of aliphatic imine (C=N–C) groups is 1. The summed E-state index contributed by atoms with van der Waals surface area (Å²) in [6.07, 6.45) is 1.89. The number of thioether (sulfide) groups is 1. The third-order valence-electron chi connectivity index (χ3n) is 2.03. The van der Waals surface area contributed by atoms with Crippen LogP contribution in [0.25, 0.3) is 0 Å². The van der Waals surface area contributed by atoms with Crippen molar-refractivity contribution in [2.75, 3.05) is 18.6 Å². The molecule has 1 aromatic rings. The fourth-order valence-corrected chi connectivity index (χ4v) is 1.43. The summed E-state index contributed by atoms with van der Waals surface area (Å²) in [7, 11) is 1.87. The second-order valence-corrected chi connectivity index (χ2v) is 3.78. The lowest BCUT2D eigenvalue weighted by Gasteiger charge is -2.07. The van der Waals surface area contributed by atoms with E-state index < -0.39 is 0 Å². The first kappa shape index (κ1) is 11.9. The number of nitrogens with one attached hydrogen (secondary N) is 1. The van der Waals surface area contributed by atoms with Gasteiger partial charge in [-0.05, 0) is 30.0 Å². The zero-order chi connectivity index (χ0) is 11.3. The van der Waals surface area contributed by atoms with Crippen LogP contribution in [0.2, 0.25) is 0 Å². The summed E-state index contributed by atoms with van der Waals surface area (Å²) >= 11 is 1.42. The first-order valence-electron chi connectivity index (χ1n) is 4.60. The average molecular weight is 224 g/mol. The van der Waals surface area contributed by atoms with Gasteiger partial charge in [-0.1, -0.05) is 11.8 Å². The number of amidine groups is 1. The third kappa shape index (κ3) is 3.14. The Kier molecular flexibility index (Phi) is 4.45. The molecule has 5 heteroatoms. The van der Waals surface area contributed by atoms with Gasteiger partial charge in [0.1, 0.15) is 0 Å². The van der Waals surface area contributed by atoms with Crippen LogP contribution in [-0.2, 0) is 6.54 Å². The monoisotopic (exact) mass is 224 g/mol. The van der Waals surface area contributed by atoms with Gasteiger partial charge in [0.25, 0.3) is 0 Å². The third-order valence-corrected chi connectivity index (χ3v) is 2.54. The standard InChI is InChI=1S/C10H16N4S/c1-13-9-4-3-8(5-7(9)6-11)14-10(12)15-2/h3-5,13H,6,11H2,1-2H3,(H2,12,14). The van der Waals surface area contributed by atoms with E-state index in [2.05, 4.69) is 10.3 Å². The minimum absolute atomic E-state index is 0.485. The molecule has 5 N–H and O–H groups in total. The van der Waals surface area contributed by atoms with Crippen LogP contribution in [0.1, 0.15) is 5.56 Å². The first-order valence-corrected chi connectivity index (χ1v) is 5.82. The van der Waals surface area contributed by atoms with Gasteiger partial charge in [0.15, 0.2) is 5.17 Å². The minimum Gasteiger partial charge on any atom is -0.388 e. The van der Waals surface area contributed by atoms with Crippen LogP contribution in [0, 0.1) is 0 Å². The molecule has 0 radical (unpaired) electrons. The summed E-state index contributed by atoms with van der Waals surface area (Å²) in [6, 6.07) is 5.80. The minimum atomic E-state index is 0.485. The zero-order valence-corrected chi connectivity index (χ0v) is 9.77. The van der Waals surface area contributed by atoms with E-state index in [-0.39, 0.29) is 0 Å². The number of hydrogen-bond acceptors (Lipinski definition) is 4. The summed E-state index contributed by atoms with van der Waals surface area (Å²) in [5, 5.41) is 3.63. The molecule has 0 saturated carbocycles. The summed E-state index contributed by atoms with van der Waals surface area (Å²) < 4.78 is 0. The van der Waals surface area contributed by atoms with E-state index in [9.17, 15) is 0 Å². The van der Waals surface area contributed by atoms with E-state index >= 15 is 0 Å². The molecule has 0 bridgehead atoms. The molecule has 0 amide bonds. The van der Waals surface area contributed by atoms with Crippen LogP contribution in [0.5, 0.6) is 0 Å². The van der Waals surface area contributed by atoms with Crippen molar-refractivity contribution in [3.8, 4) is 0 Å². The largest absolute Gasteiger partial charge is 0.388 e. The Labute approximate surface area is 94.1 Å². The van der Waals surface area contributed by atoms with Crippen LogP contribution >= 0.6 is 11.8 Å². The second kappa shape index (κ2) is 5.63. The second-order valence-electron chi connectivity index (χ2n) is 2.95. The van der Waals surface area contributed by atoms with Crippen molar-refractivity contribution in [1.29, 1.82) is 0 Å². The van der Waals surface area contributed by atoms with E-state index in [1.807, 2.05) is 31.5 Å². The van der Waals surface area contributed by atoms with Crippen molar-refractivity contribution in [2.24, 2.45) is 16.5 Å². The van der Waals surface area contributed by atoms with Crippen molar-refractivity contribution in [3.63, 3.8) is 0 Å². The van der Waals surface area contributed by atoms with E-state index in [0.717, 1.165) is 16.9 Å². The van der Waals surface area contributed by atoms with E-state index in [4.69, 9.17) is 11.5 Å². The van der Waals surface area contributed by atoms with E-state index in [1.54, 1.807) is 0 Å². The van der Waals surface area contributed by atoms with Gasteiger partial charge in [0, 0.05) is 19.3 Å². The van der Waals surface area contributed by atoms with E-state index in [1.165, 1.54) is 11.8 Å². The summed E-state index contributed by atoms with van der Waals surface area (Å²) in [6.45, 7) is 0.485. The molecule has 0 atom stereocenters. The molecule has 0 saturated heterocycles. The lowest BCUT2D eigenvalue weighted by Crippen LogP contribution is -2.05. The molecule has 0 aliphatic carbocycles. The molecule has 0 fully saturated rings. The number of nitrogens with zero attached hydrogens (tertiary/aromatic N) is 1. The van der Waals surface area contributed by atoms with Crippen molar-refractivity contribution >= 4 is 28.3 Å². The maximum atomic E-state index is 5.63. The fourth-order valence-electron chi connectivity index (χ4n) is 1.24. The van der Waals surface area contributed by atoms with Crippen molar-refractivity contribution in [3.05, 3.63) is 23.8 Å². The highest BCUT2D eigenvalue weighted by Crippen LogP contribution is 2.22. The Hall–Kier alpha value is -1.20. The normalized spacial score (nSPS) is 11.5. The highest BCUT2D eigenvalue weighted by atomic mass is 32.2. The van der Waals surface area contributed by atoms with Crippen molar-refractivity contribution in [1.82, 2.24) is 0 Å². The molecule has 0 unspecified atom stereocenters. The van der Waals surface area contributed by atoms with Crippen molar-refractivity contribution < 1.29 is 0 Å². The Morgan fingerprint density at radius 2 is 2.27 bits per heavy atom. The summed E-state index contributed by atoms with van der Waals surface area (Å²) in [5.41, 5.74) is 14.2. The van der Waals surface area contributed by atoms with Gasteiger partial charge in [0.2, 0.25) is 0 Å². The highest BCUT2D eigenvalue weighted by molar-refractivity contribution is 8.13. The summed E-state index contributed by atoms with van der Waals surface area (Å²) in [5.74, 6) is 0. The molecule has 0 aliphatic rings. The number of nitrogens with two attached hydrogens (primary N) is 2. The van der Waals surface area contributed by atoms with Gasteiger partial charge in [0.05, 0.1) is 5.69 Å². The first-order chi connectivity index (χ1) is 7.21. The predicted molar refractivity (Wildman–Crippen MR) is 68.7 cm³/mol. The van der Waals surface area contributed by atoms with Gasteiger partial charge in [-0.25, -0.2) is 4.99 Å². The van der Waals surface area contributed by atoms with Gasteiger partial charge < -0.3 is 16.8 Å². The topological polar surface area (TPSA) is 76.4 Å². The lowest BCUT2D eigenvalue weighted by atomic mass is 10.1. The Balaban J connectivity index is 3.03. The van der Waals surface area contributed by atoms with E-state index in [0.29, 0.717) is 11.7 Å². The fraction of sp³-hybridized carbons (Fsp3) is 0.300. The highest BCUT2D eigenvalue weighted by Gasteiger charge is 2.00. The number of rotatable bonds is 3. The Bertz CT molecular complexity index is 362. The molecular weight excluding hydrogens is 208 g/mol. The maximum Gasteiger partial charge on any atom is 0.158 e. The quantitative estimate of drug-likeness (QED) is 0.537. The molecule has 82 valence electrons. The Morgan fingerprint density at radius 1 is 1.53 bits per heavy atom. The molecule has 0 aliphatic heterocycles. The van der Waals surface area contributed by atoms with Gasteiger partial charge >= 0.3 is 0 Å². The molecular formula is C10H16N4S. The van der Waals surface area contributed by atoms with Gasteiger partial charge in [-0.3, -0.25) is 0 Å². The average Bonchev–Trinajstić information content (AvgIpc) is 2.28. The molecule has 15 heavy (non-hydrogen) atoms. The smallest absolute Gasteiger partial charge is 0.158 e. The molecule has 0 spiro atoms. The predicted octanol–water partition coefficient (Wildman–Crippen LogP) is 1.50. The molecule has 4 nitrogen and oxygen atoms in total. The number of hydrogen-bond donors (Lipinski definition) is 3. The van der Waals surface area contributed by atoms with Gasteiger partial charge in [-0.15, -0.1) is 0 Å². The Morgan fingerprint density at radius 3 is 2.80 bits per heavy atom. The number of benzene rings is 1. The number of anilines is 1. The lowest BCUT2D eigenvalue weighted by molar-refractivity contribution is 1.07. The molecule has 0 heterocycles. The molecule has 1 rings (SSSR count).